The standard InChI is InChI=1S/C16H23NO3/c1-2-11-20-12-9-16(19)17-10-5-8-15(18)13-6-3-4-7-14(13)17/h3-4,6-7,15,18H,2,5,8-12H2,1H3. The molecule has 1 aromatic carbocycles. The Morgan fingerprint density at radius 3 is 3.00 bits per heavy atom. The van der Waals surface area contributed by atoms with Crippen LogP contribution >= 0.6 is 0 Å². The molecule has 1 heterocycles. The molecule has 0 fully saturated rings. The van der Waals surface area contributed by atoms with Gasteiger partial charge in [0.25, 0.3) is 0 Å². The Labute approximate surface area is 120 Å². The molecule has 1 N–H and O–H groups in total. The Morgan fingerprint density at radius 2 is 2.20 bits per heavy atom. The van der Waals surface area contributed by atoms with Crippen LogP contribution in [0.15, 0.2) is 24.3 Å². The fourth-order valence-corrected chi connectivity index (χ4v) is 2.53. The number of hydrogen-bond donors (Lipinski definition) is 1. The summed E-state index contributed by atoms with van der Waals surface area (Å²) in [6, 6.07) is 7.62. The molecular formula is C16H23NO3. The number of fused-ring (bicyclic) bond motifs is 1. The first-order valence-corrected chi connectivity index (χ1v) is 7.39. The molecule has 110 valence electrons. The first kappa shape index (κ1) is 15.0. The summed E-state index contributed by atoms with van der Waals surface area (Å²) in [6.07, 6.45) is 2.40. The van der Waals surface area contributed by atoms with E-state index in [0.29, 0.717) is 32.6 Å². The number of carbonyl (C=O) groups excluding carboxylic acids is 1. The summed E-state index contributed by atoms with van der Waals surface area (Å²) in [7, 11) is 0. The lowest BCUT2D eigenvalue weighted by molar-refractivity contribution is -0.119. The van der Waals surface area contributed by atoms with Crippen LogP contribution in [0.1, 0.15) is 44.3 Å². The highest BCUT2D eigenvalue weighted by molar-refractivity contribution is 5.94. The lowest BCUT2D eigenvalue weighted by Crippen LogP contribution is -2.32. The van der Waals surface area contributed by atoms with Crippen molar-refractivity contribution < 1.29 is 14.6 Å². The van der Waals surface area contributed by atoms with E-state index < -0.39 is 6.10 Å². The van der Waals surface area contributed by atoms with E-state index in [1.807, 2.05) is 31.2 Å². The predicted octanol–water partition coefficient (Wildman–Crippen LogP) is 2.66. The van der Waals surface area contributed by atoms with Gasteiger partial charge >= 0.3 is 0 Å². The van der Waals surface area contributed by atoms with E-state index in [1.165, 1.54) is 0 Å². The Kier molecular flexibility index (Phi) is 5.56. The zero-order valence-electron chi connectivity index (χ0n) is 12.0. The maximum atomic E-state index is 12.3. The molecule has 1 aromatic rings. The van der Waals surface area contributed by atoms with Crippen molar-refractivity contribution in [3.63, 3.8) is 0 Å². The molecule has 1 amide bonds. The topological polar surface area (TPSA) is 49.8 Å². The molecule has 0 saturated heterocycles. The van der Waals surface area contributed by atoms with Crippen LogP contribution in [0.25, 0.3) is 0 Å². The highest BCUT2D eigenvalue weighted by atomic mass is 16.5. The molecule has 0 aromatic heterocycles. The molecule has 0 spiro atoms. The van der Waals surface area contributed by atoms with Crippen molar-refractivity contribution in [3.05, 3.63) is 29.8 Å². The number of amides is 1. The monoisotopic (exact) mass is 277 g/mol. The summed E-state index contributed by atoms with van der Waals surface area (Å²) in [5.41, 5.74) is 1.70. The van der Waals surface area contributed by atoms with E-state index in [0.717, 1.165) is 24.1 Å². The van der Waals surface area contributed by atoms with E-state index >= 15 is 0 Å². The fraction of sp³-hybridized carbons (Fsp3) is 0.562. The maximum Gasteiger partial charge on any atom is 0.229 e. The molecule has 0 aliphatic carbocycles. The highest BCUT2D eigenvalue weighted by Gasteiger charge is 2.24. The quantitative estimate of drug-likeness (QED) is 0.842. The van der Waals surface area contributed by atoms with Gasteiger partial charge in [0.05, 0.1) is 19.1 Å². The Balaban J connectivity index is 2.07. The van der Waals surface area contributed by atoms with Crippen LogP contribution in [0, 0.1) is 0 Å². The minimum Gasteiger partial charge on any atom is -0.388 e. The minimum atomic E-state index is -0.472. The maximum absolute atomic E-state index is 12.3. The largest absolute Gasteiger partial charge is 0.388 e. The first-order chi connectivity index (χ1) is 9.74. The number of rotatable bonds is 5. The molecule has 20 heavy (non-hydrogen) atoms. The molecule has 1 aliphatic heterocycles. The number of anilines is 1. The van der Waals surface area contributed by atoms with Crippen molar-refractivity contribution in [1.82, 2.24) is 0 Å². The van der Waals surface area contributed by atoms with E-state index in [2.05, 4.69) is 0 Å². The second-order valence-electron chi connectivity index (χ2n) is 5.12. The van der Waals surface area contributed by atoms with E-state index in [-0.39, 0.29) is 5.91 Å². The molecule has 1 atom stereocenters. The second-order valence-corrected chi connectivity index (χ2v) is 5.12. The Morgan fingerprint density at radius 1 is 1.40 bits per heavy atom. The van der Waals surface area contributed by atoms with Crippen molar-refractivity contribution in [2.45, 2.75) is 38.7 Å². The van der Waals surface area contributed by atoms with Gasteiger partial charge in [0.1, 0.15) is 0 Å². The van der Waals surface area contributed by atoms with Gasteiger partial charge in [-0.15, -0.1) is 0 Å². The third kappa shape index (κ3) is 3.58. The van der Waals surface area contributed by atoms with Crippen LogP contribution in [0.2, 0.25) is 0 Å². The van der Waals surface area contributed by atoms with Crippen LogP contribution in [0.4, 0.5) is 5.69 Å². The zero-order valence-corrected chi connectivity index (χ0v) is 12.0. The summed E-state index contributed by atoms with van der Waals surface area (Å²) >= 11 is 0. The fourth-order valence-electron chi connectivity index (χ4n) is 2.53. The summed E-state index contributed by atoms with van der Waals surface area (Å²) in [4.78, 5) is 14.1. The van der Waals surface area contributed by atoms with Gasteiger partial charge in [0.2, 0.25) is 5.91 Å². The van der Waals surface area contributed by atoms with Crippen LogP contribution in [0.5, 0.6) is 0 Å². The van der Waals surface area contributed by atoms with Crippen LogP contribution < -0.4 is 4.90 Å². The average molecular weight is 277 g/mol. The number of benzene rings is 1. The number of hydrogen-bond acceptors (Lipinski definition) is 3. The summed E-state index contributed by atoms with van der Waals surface area (Å²) in [5, 5.41) is 10.1. The van der Waals surface area contributed by atoms with Gasteiger partial charge < -0.3 is 14.7 Å². The zero-order chi connectivity index (χ0) is 14.4. The summed E-state index contributed by atoms with van der Waals surface area (Å²) in [5.74, 6) is 0.0719. The van der Waals surface area contributed by atoms with Crippen LogP contribution in [0.3, 0.4) is 0 Å². The van der Waals surface area contributed by atoms with Crippen LogP contribution in [-0.4, -0.2) is 30.8 Å². The normalized spacial score (nSPS) is 18.5. The number of aliphatic hydroxyl groups is 1. The van der Waals surface area contributed by atoms with Crippen molar-refractivity contribution >= 4 is 11.6 Å². The van der Waals surface area contributed by atoms with Gasteiger partial charge in [-0.05, 0) is 25.3 Å². The summed E-state index contributed by atoms with van der Waals surface area (Å²) in [6.45, 7) is 3.88. The second kappa shape index (κ2) is 7.41. The minimum absolute atomic E-state index is 0.0719. The number of carbonyl (C=O) groups is 1. The summed E-state index contributed by atoms with van der Waals surface area (Å²) < 4.78 is 5.39. The van der Waals surface area contributed by atoms with Crippen molar-refractivity contribution in [3.8, 4) is 0 Å². The van der Waals surface area contributed by atoms with Crippen molar-refractivity contribution in [1.29, 1.82) is 0 Å². The lowest BCUT2D eigenvalue weighted by atomic mass is 10.0. The number of ether oxygens (including phenoxy) is 1. The van der Waals surface area contributed by atoms with Gasteiger partial charge in [-0.25, -0.2) is 0 Å². The molecule has 0 saturated carbocycles. The van der Waals surface area contributed by atoms with E-state index in [4.69, 9.17) is 4.74 Å². The van der Waals surface area contributed by atoms with Gasteiger partial charge in [0, 0.05) is 24.4 Å². The van der Waals surface area contributed by atoms with Gasteiger partial charge in [-0.1, -0.05) is 25.1 Å². The molecule has 0 radical (unpaired) electrons. The number of aliphatic hydroxyl groups excluding tert-OH is 1. The SMILES string of the molecule is CCCOCCC(=O)N1CCCC(O)c2ccccc21. The molecule has 4 nitrogen and oxygen atoms in total. The molecule has 1 aliphatic rings. The molecule has 1 unspecified atom stereocenters. The predicted molar refractivity (Wildman–Crippen MR) is 78.7 cm³/mol. The van der Waals surface area contributed by atoms with Crippen molar-refractivity contribution in [2.75, 3.05) is 24.7 Å². The van der Waals surface area contributed by atoms with E-state index in [1.54, 1.807) is 4.90 Å². The van der Waals surface area contributed by atoms with E-state index in [9.17, 15) is 9.90 Å². The highest BCUT2D eigenvalue weighted by Crippen LogP contribution is 2.32. The Bertz CT molecular complexity index is 447. The molecule has 0 bridgehead atoms. The number of nitrogens with zero attached hydrogens (tertiary/aromatic N) is 1. The average Bonchev–Trinajstić information content (AvgIpc) is 2.63. The van der Waals surface area contributed by atoms with Crippen molar-refractivity contribution in [2.24, 2.45) is 0 Å². The van der Waals surface area contributed by atoms with Gasteiger partial charge in [-0.3, -0.25) is 4.79 Å². The Hall–Kier alpha value is -1.39. The lowest BCUT2D eigenvalue weighted by Gasteiger charge is -2.23. The van der Waals surface area contributed by atoms with Gasteiger partial charge in [-0.2, -0.15) is 0 Å². The third-order valence-corrected chi connectivity index (χ3v) is 3.56. The molecule has 4 heteroatoms. The molecular weight excluding hydrogens is 254 g/mol. The smallest absolute Gasteiger partial charge is 0.229 e. The first-order valence-electron chi connectivity index (χ1n) is 7.39. The van der Waals surface area contributed by atoms with Gasteiger partial charge in [0.15, 0.2) is 0 Å². The molecule has 2 rings (SSSR count). The number of para-hydroxylation sites is 1. The third-order valence-electron chi connectivity index (χ3n) is 3.56. The van der Waals surface area contributed by atoms with Crippen LogP contribution in [-0.2, 0) is 9.53 Å².